The Labute approximate surface area is 124 Å². The van der Waals surface area contributed by atoms with E-state index in [0.717, 1.165) is 28.5 Å². The second-order valence-corrected chi connectivity index (χ2v) is 6.88. The van der Waals surface area contributed by atoms with E-state index >= 15 is 0 Å². The molecule has 0 N–H and O–H groups in total. The zero-order valence-corrected chi connectivity index (χ0v) is 12.2. The van der Waals surface area contributed by atoms with Gasteiger partial charge in [0.05, 0.1) is 16.5 Å². The normalized spacial score (nSPS) is 14.2. The van der Waals surface area contributed by atoms with Gasteiger partial charge in [-0.1, -0.05) is 0 Å². The number of hydrogen-bond acceptors (Lipinski definition) is 5. The lowest BCUT2D eigenvalue weighted by Crippen LogP contribution is -1.96. The molecule has 20 heavy (non-hydrogen) atoms. The second-order valence-electron chi connectivity index (χ2n) is 4.64. The molecule has 0 radical (unpaired) electrons. The smallest absolute Gasteiger partial charge is 0.178 e. The van der Waals surface area contributed by atoms with Crippen molar-refractivity contribution >= 4 is 28.7 Å². The quantitative estimate of drug-likeness (QED) is 0.692. The van der Waals surface area contributed by atoms with Crippen LogP contribution in [0.25, 0.3) is 16.3 Å². The maximum absolute atomic E-state index is 8.92. The Morgan fingerprint density at radius 1 is 1.30 bits per heavy atom. The average Bonchev–Trinajstić information content (AvgIpc) is 3.09. The number of nitrogens with zero attached hydrogens (tertiary/aromatic N) is 4. The molecule has 4 nitrogen and oxygen atoms in total. The third kappa shape index (κ3) is 1.82. The minimum atomic E-state index is 0.610. The van der Waals surface area contributed by atoms with Crippen LogP contribution >= 0.6 is 23.1 Å². The highest BCUT2D eigenvalue weighted by atomic mass is 32.2. The summed E-state index contributed by atoms with van der Waals surface area (Å²) in [4.78, 5) is 2.64. The largest absolute Gasteiger partial charge is 0.282 e. The summed E-state index contributed by atoms with van der Waals surface area (Å²) in [6.45, 7) is 0. The first-order chi connectivity index (χ1) is 9.85. The van der Waals surface area contributed by atoms with Crippen molar-refractivity contribution in [3.8, 4) is 16.8 Å². The molecule has 0 bridgehead atoms. The lowest BCUT2D eigenvalue weighted by molar-refractivity contribution is 1.11. The number of aromatic nitrogens is 3. The maximum atomic E-state index is 8.92. The van der Waals surface area contributed by atoms with Gasteiger partial charge >= 0.3 is 0 Å². The number of nitriles is 1. The van der Waals surface area contributed by atoms with E-state index in [1.54, 1.807) is 12.1 Å². The lowest BCUT2D eigenvalue weighted by atomic mass is 10.2. The van der Waals surface area contributed by atoms with E-state index in [1.165, 1.54) is 16.2 Å². The Bertz CT molecular complexity index is 817. The molecule has 0 saturated heterocycles. The monoisotopic (exact) mass is 298 g/mol. The van der Waals surface area contributed by atoms with Crippen molar-refractivity contribution in [3.63, 3.8) is 0 Å². The standard InChI is InChI=1S/C14H10N4S2/c15-7-9-1-3-18-13(5-9)16-17-14(18)12-6-10-8-19-4-2-11(10)20-12/h1,3,5-6H,2,4,8H2. The van der Waals surface area contributed by atoms with Crippen molar-refractivity contribution in [2.24, 2.45) is 0 Å². The highest BCUT2D eigenvalue weighted by Crippen LogP contribution is 2.36. The number of thiophene rings is 1. The minimum absolute atomic E-state index is 0.610. The van der Waals surface area contributed by atoms with E-state index in [4.69, 9.17) is 5.26 Å². The molecule has 3 aromatic heterocycles. The van der Waals surface area contributed by atoms with Gasteiger partial charge in [-0.25, -0.2) is 0 Å². The Balaban J connectivity index is 1.86. The molecule has 4 rings (SSSR count). The van der Waals surface area contributed by atoms with Gasteiger partial charge in [0.25, 0.3) is 0 Å². The van der Waals surface area contributed by atoms with Crippen molar-refractivity contribution in [2.75, 3.05) is 5.75 Å². The molecule has 1 aliphatic rings. The summed E-state index contributed by atoms with van der Waals surface area (Å²) in [7, 11) is 0. The zero-order chi connectivity index (χ0) is 13.5. The van der Waals surface area contributed by atoms with Gasteiger partial charge < -0.3 is 0 Å². The molecule has 0 saturated carbocycles. The SMILES string of the molecule is N#Cc1ccn2c(-c3cc4c(s3)CCSC4)nnc2c1. The topological polar surface area (TPSA) is 54.0 Å². The summed E-state index contributed by atoms with van der Waals surface area (Å²) in [5.74, 6) is 3.18. The van der Waals surface area contributed by atoms with Crippen LogP contribution in [0.5, 0.6) is 0 Å². The van der Waals surface area contributed by atoms with Gasteiger partial charge in [0.2, 0.25) is 0 Å². The van der Waals surface area contributed by atoms with Crippen LogP contribution in [0.15, 0.2) is 24.4 Å². The zero-order valence-electron chi connectivity index (χ0n) is 10.5. The molecule has 0 fully saturated rings. The Morgan fingerprint density at radius 2 is 2.25 bits per heavy atom. The number of pyridine rings is 1. The Kier molecular flexibility index (Phi) is 2.76. The van der Waals surface area contributed by atoms with Crippen molar-refractivity contribution in [2.45, 2.75) is 12.2 Å². The van der Waals surface area contributed by atoms with Gasteiger partial charge in [0.1, 0.15) is 0 Å². The van der Waals surface area contributed by atoms with Gasteiger partial charge in [-0.05, 0) is 29.9 Å². The van der Waals surface area contributed by atoms with Crippen LogP contribution in [0.1, 0.15) is 16.0 Å². The minimum Gasteiger partial charge on any atom is -0.282 e. The first-order valence-electron chi connectivity index (χ1n) is 6.30. The maximum Gasteiger partial charge on any atom is 0.178 e. The molecular weight excluding hydrogens is 288 g/mol. The van der Waals surface area contributed by atoms with Crippen LogP contribution in [0, 0.1) is 11.3 Å². The highest BCUT2D eigenvalue weighted by molar-refractivity contribution is 7.98. The fourth-order valence-electron chi connectivity index (χ4n) is 2.39. The number of fused-ring (bicyclic) bond motifs is 2. The number of rotatable bonds is 1. The van der Waals surface area contributed by atoms with Crippen molar-refractivity contribution in [3.05, 3.63) is 40.4 Å². The number of hydrogen-bond donors (Lipinski definition) is 0. The van der Waals surface area contributed by atoms with Crippen LogP contribution in [-0.2, 0) is 12.2 Å². The molecule has 4 heterocycles. The van der Waals surface area contributed by atoms with Crippen LogP contribution in [0.3, 0.4) is 0 Å². The predicted octanol–water partition coefficient (Wildman–Crippen LogP) is 3.12. The van der Waals surface area contributed by atoms with Crippen LogP contribution in [-0.4, -0.2) is 20.4 Å². The van der Waals surface area contributed by atoms with Gasteiger partial charge in [0.15, 0.2) is 11.5 Å². The molecular formula is C14H10N4S2. The summed E-state index contributed by atoms with van der Waals surface area (Å²) >= 11 is 3.80. The Morgan fingerprint density at radius 3 is 3.10 bits per heavy atom. The summed E-state index contributed by atoms with van der Waals surface area (Å²) in [6, 6.07) is 7.92. The first kappa shape index (κ1) is 11.9. The number of aryl methyl sites for hydroxylation is 1. The van der Waals surface area contributed by atoms with E-state index in [-0.39, 0.29) is 0 Å². The van der Waals surface area contributed by atoms with E-state index in [0.29, 0.717) is 5.56 Å². The van der Waals surface area contributed by atoms with Gasteiger partial charge in [-0.15, -0.1) is 21.5 Å². The molecule has 0 unspecified atom stereocenters. The molecule has 0 aromatic carbocycles. The van der Waals surface area contributed by atoms with Crippen LogP contribution < -0.4 is 0 Å². The summed E-state index contributed by atoms with van der Waals surface area (Å²) in [6.07, 6.45) is 3.02. The molecule has 0 amide bonds. The van der Waals surface area contributed by atoms with Crippen LogP contribution in [0.2, 0.25) is 0 Å². The fourth-order valence-corrected chi connectivity index (χ4v) is 4.74. The average molecular weight is 298 g/mol. The molecule has 0 atom stereocenters. The summed E-state index contributed by atoms with van der Waals surface area (Å²) < 4.78 is 1.95. The van der Waals surface area contributed by atoms with E-state index in [1.807, 2.05) is 33.7 Å². The van der Waals surface area contributed by atoms with Crippen molar-refractivity contribution in [1.29, 1.82) is 5.26 Å². The second kappa shape index (κ2) is 4.62. The molecule has 3 aromatic rings. The molecule has 0 spiro atoms. The lowest BCUT2D eigenvalue weighted by Gasteiger charge is -2.08. The van der Waals surface area contributed by atoms with Crippen molar-refractivity contribution in [1.82, 2.24) is 14.6 Å². The van der Waals surface area contributed by atoms with E-state index in [9.17, 15) is 0 Å². The summed E-state index contributed by atoms with van der Waals surface area (Å²) in [5, 5.41) is 17.4. The predicted molar refractivity (Wildman–Crippen MR) is 80.9 cm³/mol. The third-order valence-electron chi connectivity index (χ3n) is 3.39. The first-order valence-corrected chi connectivity index (χ1v) is 8.27. The summed E-state index contributed by atoms with van der Waals surface area (Å²) in [5.41, 5.74) is 2.77. The highest BCUT2D eigenvalue weighted by Gasteiger charge is 2.17. The van der Waals surface area contributed by atoms with Gasteiger partial charge in [-0.3, -0.25) is 4.40 Å². The number of thioether (sulfide) groups is 1. The molecule has 1 aliphatic heterocycles. The van der Waals surface area contributed by atoms with Crippen LogP contribution in [0.4, 0.5) is 0 Å². The van der Waals surface area contributed by atoms with Gasteiger partial charge in [0, 0.05) is 22.9 Å². The Hall–Kier alpha value is -1.84. The van der Waals surface area contributed by atoms with Crippen molar-refractivity contribution < 1.29 is 0 Å². The third-order valence-corrected chi connectivity index (χ3v) is 5.63. The van der Waals surface area contributed by atoms with E-state index in [2.05, 4.69) is 22.3 Å². The fraction of sp³-hybridized carbons (Fsp3) is 0.214. The molecule has 6 heteroatoms. The molecule has 0 aliphatic carbocycles. The van der Waals surface area contributed by atoms with E-state index < -0.39 is 0 Å². The van der Waals surface area contributed by atoms with Gasteiger partial charge in [-0.2, -0.15) is 17.0 Å². The molecule has 98 valence electrons.